The summed E-state index contributed by atoms with van der Waals surface area (Å²) >= 11 is 0. The summed E-state index contributed by atoms with van der Waals surface area (Å²) in [6.07, 6.45) is -4.35. The summed E-state index contributed by atoms with van der Waals surface area (Å²) < 4.78 is 37.7. The van der Waals surface area contributed by atoms with Gasteiger partial charge in [0.25, 0.3) is 10.9 Å². The van der Waals surface area contributed by atoms with Crippen molar-refractivity contribution in [2.24, 2.45) is 0 Å². The van der Waals surface area contributed by atoms with Crippen LogP contribution in [0.5, 0.6) is 0 Å². The average Bonchev–Trinajstić information content (AvgIpc) is 2.55. The van der Waals surface area contributed by atoms with Crippen molar-refractivity contribution in [3.8, 4) is 0 Å². The molecule has 0 spiro atoms. The highest BCUT2D eigenvalue weighted by Crippen LogP contribution is 2.31. The molecule has 1 saturated heterocycles. The van der Waals surface area contributed by atoms with Crippen molar-refractivity contribution >= 4 is 17.1 Å². The van der Waals surface area contributed by atoms with Gasteiger partial charge in [-0.3, -0.25) is 9.59 Å². The van der Waals surface area contributed by atoms with Crippen LogP contribution in [0.2, 0.25) is 0 Å². The first-order chi connectivity index (χ1) is 10.8. The number of nitrogen functional groups attached to an aromatic ring is 1. The second kappa shape index (κ2) is 5.29. The summed E-state index contributed by atoms with van der Waals surface area (Å²) in [6.45, 7) is 2.03. The summed E-state index contributed by atoms with van der Waals surface area (Å²) in [5, 5.41) is 0. The number of rotatable bonds is 2. The third-order valence-corrected chi connectivity index (χ3v) is 4.08. The number of anilines is 3. The molecule has 2 N–H and O–H groups in total. The molecule has 0 atom stereocenters. The second-order valence-corrected chi connectivity index (χ2v) is 5.44. The third-order valence-electron chi connectivity index (χ3n) is 4.08. The number of halogens is 3. The van der Waals surface area contributed by atoms with Gasteiger partial charge in [0.15, 0.2) is 0 Å². The molecule has 5 nitrogen and oxygen atoms in total. The maximum atomic E-state index is 12.6. The van der Waals surface area contributed by atoms with Crippen LogP contribution in [0, 0.1) is 0 Å². The fraction of sp³-hybridized carbons (Fsp3) is 0.333. The normalized spacial score (nSPS) is 16.1. The fourth-order valence-corrected chi connectivity index (χ4v) is 2.76. The first-order valence-corrected chi connectivity index (χ1v) is 7.05. The van der Waals surface area contributed by atoms with Crippen molar-refractivity contribution in [1.29, 1.82) is 0 Å². The zero-order valence-electron chi connectivity index (χ0n) is 12.1. The van der Waals surface area contributed by atoms with Crippen molar-refractivity contribution in [2.75, 3.05) is 41.7 Å². The first kappa shape index (κ1) is 15.4. The lowest BCUT2D eigenvalue weighted by atomic mass is 10.1. The Balaban J connectivity index is 1.68. The van der Waals surface area contributed by atoms with E-state index in [0.717, 1.165) is 12.1 Å². The molecule has 1 aliphatic heterocycles. The molecule has 1 fully saturated rings. The quantitative estimate of drug-likeness (QED) is 0.841. The van der Waals surface area contributed by atoms with E-state index in [2.05, 4.69) is 0 Å². The monoisotopic (exact) mass is 325 g/mol. The van der Waals surface area contributed by atoms with Crippen LogP contribution in [0.25, 0.3) is 0 Å². The van der Waals surface area contributed by atoms with Crippen LogP contribution in [0.15, 0.2) is 33.9 Å². The number of nitrogens with zero attached hydrogens (tertiary/aromatic N) is 2. The second-order valence-electron chi connectivity index (χ2n) is 5.44. The molecular formula is C15H14F3N3O2. The smallest absolute Gasteiger partial charge is 0.394 e. The molecule has 23 heavy (non-hydrogen) atoms. The standard InChI is InChI=1S/C15H14F3N3O2/c16-15(17,18)9-1-3-10(4-2-9)20-5-7-21(8-6-20)12-11(19)13(22)14(12)23/h1-4H,5-8,19H2. The largest absolute Gasteiger partial charge is 0.416 e. The Kier molecular flexibility index (Phi) is 3.54. The van der Waals surface area contributed by atoms with Crippen LogP contribution in [0.3, 0.4) is 0 Å². The molecule has 0 radical (unpaired) electrons. The average molecular weight is 325 g/mol. The van der Waals surface area contributed by atoms with Crippen molar-refractivity contribution in [2.45, 2.75) is 6.18 Å². The van der Waals surface area contributed by atoms with Gasteiger partial charge in [-0.15, -0.1) is 0 Å². The predicted octanol–water partition coefficient (Wildman–Crippen LogP) is 1.21. The van der Waals surface area contributed by atoms with Crippen LogP contribution >= 0.6 is 0 Å². The highest BCUT2D eigenvalue weighted by atomic mass is 19.4. The Morgan fingerprint density at radius 1 is 0.870 bits per heavy atom. The van der Waals surface area contributed by atoms with Crippen LogP contribution in [-0.4, -0.2) is 26.2 Å². The minimum atomic E-state index is -4.35. The Morgan fingerprint density at radius 3 is 1.87 bits per heavy atom. The van der Waals surface area contributed by atoms with Gasteiger partial charge in [0.2, 0.25) is 0 Å². The van der Waals surface area contributed by atoms with Gasteiger partial charge < -0.3 is 15.5 Å². The number of benzene rings is 1. The predicted molar refractivity (Wildman–Crippen MR) is 81.6 cm³/mol. The number of hydrogen-bond donors (Lipinski definition) is 1. The Morgan fingerprint density at radius 2 is 1.39 bits per heavy atom. The van der Waals surface area contributed by atoms with E-state index < -0.39 is 22.6 Å². The van der Waals surface area contributed by atoms with Gasteiger partial charge in [0, 0.05) is 31.9 Å². The van der Waals surface area contributed by atoms with Gasteiger partial charge in [-0.1, -0.05) is 0 Å². The molecule has 8 heteroatoms. The lowest BCUT2D eigenvalue weighted by Gasteiger charge is -2.37. The zero-order chi connectivity index (χ0) is 16.8. The molecule has 3 rings (SSSR count). The summed E-state index contributed by atoms with van der Waals surface area (Å²) in [6, 6.07) is 4.97. The van der Waals surface area contributed by atoms with Crippen LogP contribution in [0.1, 0.15) is 5.56 Å². The van der Waals surface area contributed by atoms with Gasteiger partial charge in [-0.05, 0) is 24.3 Å². The molecular weight excluding hydrogens is 311 g/mol. The third kappa shape index (κ3) is 2.64. The van der Waals surface area contributed by atoms with Crippen LogP contribution in [0.4, 0.5) is 30.2 Å². The van der Waals surface area contributed by atoms with Gasteiger partial charge in [0.05, 0.1) is 5.56 Å². The van der Waals surface area contributed by atoms with Crippen LogP contribution in [-0.2, 0) is 6.18 Å². The SMILES string of the molecule is Nc1c(N2CCN(c3ccc(C(F)(F)F)cc3)CC2)c(=O)c1=O. The number of alkyl halides is 3. The highest BCUT2D eigenvalue weighted by molar-refractivity contribution is 5.73. The molecule has 1 heterocycles. The van der Waals surface area contributed by atoms with Crippen molar-refractivity contribution in [1.82, 2.24) is 0 Å². The maximum absolute atomic E-state index is 12.6. The Bertz CT molecular complexity index is 784. The van der Waals surface area contributed by atoms with E-state index in [1.165, 1.54) is 12.1 Å². The van der Waals surface area contributed by atoms with E-state index in [-0.39, 0.29) is 11.4 Å². The maximum Gasteiger partial charge on any atom is 0.416 e. The molecule has 0 unspecified atom stereocenters. The van der Waals surface area contributed by atoms with E-state index in [0.29, 0.717) is 31.9 Å². The van der Waals surface area contributed by atoms with Gasteiger partial charge in [-0.2, -0.15) is 13.2 Å². The molecule has 0 amide bonds. The fourth-order valence-electron chi connectivity index (χ4n) is 2.76. The first-order valence-electron chi connectivity index (χ1n) is 7.05. The van der Waals surface area contributed by atoms with E-state index in [9.17, 15) is 22.8 Å². The van der Waals surface area contributed by atoms with Crippen molar-refractivity contribution in [3.63, 3.8) is 0 Å². The molecule has 0 saturated carbocycles. The van der Waals surface area contributed by atoms with E-state index >= 15 is 0 Å². The van der Waals surface area contributed by atoms with E-state index in [1.54, 1.807) is 4.90 Å². The molecule has 0 aliphatic carbocycles. The minimum absolute atomic E-state index is 0.00187. The van der Waals surface area contributed by atoms with E-state index in [1.807, 2.05) is 4.90 Å². The molecule has 0 aromatic heterocycles. The lowest BCUT2D eigenvalue weighted by molar-refractivity contribution is -0.137. The zero-order valence-corrected chi connectivity index (χ0v) is 12.1. The van der Waals surface area contributed by atoms with Gasteiger partial charge in [-0.25, -0.2) is 0 Å². The Hall–Kier alpha value is -2.51. The van der Waals surface area contributed by atoms with E-state index in [4.69, 9.17) is 5.73 Å². The summed E-state index contributed by atoms with van der Waals surface area (Å²) in [5.41, 5.74) is 4.60. The minimum Gasteiger partial charge on any atom is -0.394 e. The molecule has 122 valence electrons. The topological polar surface area (TPSA) is 66.6 Å². The highest BCUT2D eigenvalue weighted by Gasteiger charge is 2.31. The molecule has 2 aromatic carbocycles. The van der Waals surface area contributed by atoms with Crippen LogP contribution < -0.4 is 26.4 Å². The number of piperazine rings is 1. The molecule has 0 bridgehead atoms. The number of nitrogens with two attached hydrogens (primary N) is 1. The van der Waals surface area contributed by atoms with Crippen molar-refractivity contribution < 1.29 is 13.2 Å². The summed E-state index contributed by atoms with van der Waals surface area (Å²) in [5.74, 6) is 0. The van der Waals surface area contributed by atoms with Gasteiger partial charge in [0.1, 0.15) is 11.4 Å². The van der Waals surface area contributed by atoms with Gasteiger partial charge >= 0.3 is 6.18 Å². The molecule has 1 aliphatic rings. The summed E-state index contributed by atoms with van der Waals surface area (Å²) in [7, 11) is 0. The lowest BCUT2D eigenvalue weighted by Crippen LogP contribution is -2.51. The number of hydrogen-bond acceptors (Lipinski definition) is 5. The van der Waals surface area contributed by atoms with Crippen molar-refractivity contribution in [3.05, 3.63) is 50.3 Å². The summed E-state index contributed by atoms with van der Waals surface area (Å²) in [4.78, 5) is 26.3. The molecule has 2 aromatic rings. The Labute approximate surface area is 129 Å².